The van der Waals surface area contributed by atoms with Crippen LogP contribution in [0.2, 0.25) is 0 Å². The number of nitrogens with zero attached hydrogens (tertiary/aromatic N) is 1. The summed E-state index contributed by atoms with van der Waals surface area (Å²) in [5, 5.41) is 16.9. The Hall–Kier alpha value is -4.78. The Balaban J connectivity index is 1.54. The van der Waals surface area contributed by atoms with Crippen LogP contribution < -0.4 is 31.3 Å². The molecule has 13 heteroatoms. The van der Waals surface area contributed by atoms with Crippen molar-refractivity contribution in [1.82, 2.24) is 31.6 Å². The lowest BCUT2D eigenvalue weighted by Crippen LogP contribution is -2.57. The molecular weight excluding hydrogens is 632 g/mol. The summed E-state index contributed by atoms with van der Waals surface area (Å²) >= 11 is 1.55. The van der Waals surface area contributed by atoms with Gasteiger partial charge in [-0.2, -0.15) is 0 Å². The second-order valence-electron chi connectivity index (χ2n) is 12.0. The number of hydrogen-bond donors (Lipinski definition) is 5. The zero-order chi connectivity index (χ0) is 34.5. The van der Waals surface area contributed by atoms with Gasteiger partial charge in [-0.1, -0.05) is 56.3 Å². The molecule has 0 radical (unpaired) electrons. The quantitative estimate of drug-likeness (QED) is 0.229. The van der Waals surface area contributed by atoms with E-state index in [-0.39, 0.29) is 37.0 Å². The molecule has 256 valence electrons. The molecule has 2 aromatic carbocycles. The van der Waals surface area contributed by atoms with Crippen molar-refractivity contribution in [3.63, 3.8) is 0 Å². The van der Waals surface area contributed by atoms with Crippen LogP contribution in [0.15, 0.2) is 60.0 Å². The van der Waals surface area contributed by atoms with Gasteiger partial charge in [0.25, 0.3) is 5.91 Å². The minimum absolute atomic E-state index is 0.195. The van der Waals surface area contributed by atoms with Crippen LogP contribution in [0.3, 0.4) is 0 Å². The van der Waals surface area contributed by atoms with E-state index in [1.165, 1.54) is 0 Å². The summed E-state index contributed by atoms with van der Waals surface area (Å²) in [5.41, 5.74) is 2.00. The van der Waals surface area contributed by atoms with E-state index in [0.29, 0.717) is 31.6 Å². The third-order valence-electron chi connectivity index (χ3n) is 7.74. The van der Waals surface area contributed by atoms with Crippen LogP contribution >= 0.6 is 11.3 Å². The van der Waals surface area contributed by atoms with Gasteiger partial charge in [0.05, 0.1) is 23.6 Å². The van der Waals surface area contributed by atoms with Crippen molar-refractivity contribution in [2.24, 2.45) is 5.92 Å². The molecule has 48 heavy (non-hydrogen) atoms. The fourth-order valence-corrected chi connectivity index (χ4v) is 6.00. The van der Waals surface area contributed by atoms with Gasteiger partial charge < -0.3 is 31.3 Å². The monoisotopic (exact) mass is 676 g/mol. The van der Waals surface area contributed by atoms with E-state index < -0.39 is 48.2 Å². The van der Waals surface area contributed by atoms with Gasteiger partial charge in [0.1, 0.15) is 23.9 Å². The second-order valence-corrected chi connectivity index (χ2v) is 13.0. The zero-order valence-corrected chi connectivity index (χ0v) is 28.4. The molecule has 1 aromatic heterocycles. The van der Waals surface area contributed by atoms with Gasteiger partial charge in [0, 0.05) is 37.0 Å². The van der Waals surface area contributed by atoms with Crippen molar-refractivity contribution in [2.75, 3.05) is 19.7 Å². The van der Waals surface area contributed by atoms with Gasteiger partial charge in [0.2, 0.25) is 23.6 Å². The summed E-state index contributed by atoms with van der Waals surface area (Å²) in [5.74, 6) is -2.68. The molecule has 3 aromatic rings. The number of aryl methyl sites for hydroxylation is 2. The lowest BCUT2D eigenvalue weighted by atomic mass is 10.0. The first-order valence-corrected chi connectivity index (χ1v) is 17.1. The Morgan fingerprint density at radius 1 is 1.00 bits per heavy atom. The number of carbonyl (C=O) groups excluding carboxylic acids is 5. The number of hydrogen-bond acceptors (Lipinski definition) is 8. The number of ether oxygens (including phenoxy) is 1. The van der Waals surface area contributed by atoms with Gasteiger partial charge in [0.15, 0.2) is 0 Å². The summed E-state index contributed by atoms with van der Waals surface area (Å²) in [6, 6.07) is 12.8. The molecule has 1 aliphatic heterocycles. The number of benzene rings is 2. The summed E-state index contributed by atoms with van der Waals surface area (Å²) in [7, 11) is 0. The van der Waals surface area contributed by atoms with Gasteiger partial charge in [-0.05, 0) is 43.4 Å². The molecule has 0 bridgehead atoms. The number of thiazole rings is 1. The van der Waals surface area contributed by atoms with Crippen LogP contribution in [0.4, 0.5) is 0 Å². The minimum Gasteiger partial charge on any atom is -0.493 e. The van der Waals surface area contributed by atoms with E-state index in [9.17, 15) is 24.0 Å². The molecule has 0 unspecified atom stereocenters. The summed E-state index contributed by atoms with van der Waals surface area (Å²) in [6.45, 7) is 6.24. The molecule has 1 aliphatic rings. The average Bonchev–Trinajstić information content (AvgIpc) is 3.49. The third-order valence-corrected chi connectivity index (χ3v) is 8.76. The minimum atomic E-state index is -1.24. The van der Waals surface area contributed by atoms with E-state index in [1.54, 1.807) is 49.4 Å². The van der Waals surface area contributed by atoms with E-state index in [4.69, 9.17) is 4.74 Å². The number of amides is 5. The Morgan fingerprint density at radius 2 is 1.75 bits per heavy atom. The maximum absolute atomic E-state index is 13.6. The molecule has 2 heterocycles. The van der Waals surface area contributed by atoms with Crippen molar-refractivity contribution >= 4 is 40.9 Å². The van der Waals surface area contributed by atoms with Gasteiger partial charge in [-0.3, -0.25) is 24.0 Å². The first kappa shape index (κ1) is 36.1. The topological polar surface area (TPSA) is 168 Å². The Bertz CT molecular complexity index is 1560. The lowest BCUT2D eigenvalue weighted by Gasteiger charge is -2.26. The van der Waals surface area contributed by atoms with Gasteiger partial charge >= 0.3 is 0 Å². The number of rotatable bonds is 8. The highest BCUT2D eigenvalue weighted by atomic mass is 32.1. The van der Waals surface area contributed by atoms with Crippen molar-refractivity contribution in [2.45, 2.75) is 71.0 Å². The molecule has 3 atom stereocenters. The van der Waals surface area contributed by atoms with Crippen LogP contribution in [-0.2, 0) is 32.0 Å². The van der Waals surface area contributed by atoms with E-state index in [2.05, 4.69) is 31.6 Å². The van der Waals surface area contributed by atoms with Crippen molar-refractivity contribution < 1.29 is 28.7 Å². The first-order valence-electron chi connectivity index (χ1n) is 16.2. The molecule has 5 N–H and O–H groups in total. The molecule has 0 spiro atoms. The normalized spacial score (nSPS) is 19.8. The highest BCUT2D eigenvalue weighted by Crippen LogP contribution is 2.19. The summed E-state index contributed by atoms with van der Waals surface area (Å²) < 4.78 is 5.89. The van der Waals surface area contributed by atoms with Crippen LogP contribution in [0, 0.1) is 12.8 Å². The van der Waals surface area contributed by atoms with Crippen molar-refractivity contribution in [3.05, 3.63) is 81.8 Å². The highest BCUT2D eigenvalue weighted by molar-refractivity contribution is 7.09. The van der Waals surface area contributed by atoms with Crippen LogP contribution in [0.1, 0.15) is 59.7 Å². The van der Waals surface area contributed by atoms with Crippen LogP contribution in [0.5, 0.6) is 5.75 Å². The number of aromatic nitrogens is 1. The lowest BCUT2D eigenvalue weighted by molar-refractivity contribution is -0.133. The average molecular weight is 677 g/mol. The third kappa shape index (κ3) is 10.9. The molecule has 4 rings (SSSR count). The maximum Gasteiger partial charge on any atom is 0.255 e. The van der Waals surface area contributed by atoms with Crippen LogP contribution in [0.25, 0.3) is 0 Å². The fourth-order valence-electron chi connectivity index (χ4n) is 5.18. The Labute approximate surface area is 284 Å². The SMILES string of the molecule is Cc1csc(CCCNC(=O)[C@@H]2CC(=O)N[C@H](C(C)C)C(=O)N[C@@H](Cc3ccccc3)C(=O)NCCCOc3ccccc3C(=O)N2)n1. The molecule has 0 saturated carbocycles. The molecule has 5 amide bonds. The first-order chi connectivity index (χ1) is 23.1. The summed E-state index contributed by atoms with van der Waals surface area (Å²) in [4.78, 5) is 71.6. The highest BCUT2D eigenvalue weighted by Gasteiger charge is 2.31. The van der Waals surface area contributed by atoms with Crippen LogP contribution in [-0.4, -0.2) is 72.3 Å². The molecule has 0 fully saturated rings. The number of fused-ring (bicyclic) bond motifs is 1. The standard InChI is InChI=1S/C35H44N6O6S/c1-22(2)31-35(46)40-26(19-24-11-5-4-6-12-24)33(44)37-17-10-18-47-28-14-8-7-13-25(28)32(43)39-27(20-29(42)41-31)34(45)36-16-9-15-30-38-23(3)21-48-30/h4-8,11-14,21-22,26-27,31H,9-10,15-20H2,1-3H3,(H,36,45)(H,37,44)(H,39,43)(H,40,46)(H,41,42)/t26-,27-,31+/m0/s1. The van der Waals surface area contributed by atoms with Gasteiger partial charge in [-0.15, -0.1) is 11.3 Å². The predicted molar refractivity (Wildman–Crippen MR) is 182 cm³/mol. The number of carbonyl (C=O) groups is 5. The van der Waals surface area contributed by atoms with Crippen molar-refractivity contribution in [3.8, 4) is 5.75 Å². The van der Waals surface area contributed by atoms with E-state index in [0.717, 1.165) is 16.3 Å². The number of nitrogens with one attached hydrogen (secondary N) is 5. The molecular formula is C35H44N6O6S. The van der Waals surface area contributed by atoms with E-state index in [1.807, 2.05) is 42.6 Å². The smallest absolute Gasteiger partial charge is 0.255 e. The maximum atomic E-state index is 13.6. The zero-order valence-electron chi connectivity index (χ0n) is 27.5. The summed E-state index contributed by atoms with van der Waals surface area (Å²) in [6.07, 6.45) is 1.56. The Morgan fingerprint density at radius 3 is 2.48 bits per heavy atom. The van der Waals surface area contributed by atoms with Crippen molar-refractivity contribution in [1.29, 1.82) is 0 Å². The molecule has 12 nitrogen and oxygen atoms in total. The largest absolute Gasteiger partial charge is 0.493 e. The molecule has 0 aliphatic carbocycles. The molecule has 0 saturated heterocycles. The Kier molecular flexibility index (Phi) is 13.5. The van der Waals surface area contributed by atoms with E-state index >= 15 is 0 Å². The fraction of sp³-hybridized carbons (Fsp3) is 0.429. The second kappa shape index (κ2) is 17.9. The van der Waals surface area contributed by atoms with Gasteiger partial charge in [-0.25, -0.2) is 4.98 Å². The number of para-hydroxylation sites is 1. The predicted octanol–water partition coefficient (Wildman–Crippen LogP) is 2.46.